The largest absolute Gasteiger partial charge is 0.467 e. The van der Waals surface area contributed by atoms with Crippen molar-refractivity contribution in [1.29, 1.82) is 0 Å². The molecule has 21 heavy (non-hydrogen) atoms. The summed E-state index contributed by atoms with van der Waals surface area (Å²) in [5.41, 5.74) is 1.42. The van der Waals surface area contributed by atoms with E-state index in [9.17, 15) is 0 Å². The van der Waals surface area contributed by atoms with Crippen molar-refractivity contribution in [3.05, 3.63) is 60.1 Å². The number of nitrogens with one attached hydrogen (secondary N) is 1. The van der Waals surface area contributed by atoms with Gasteiger partial charge >= 0.3 is 0 Å². The minimum absolute atomic E-state index is 0.591. The molecule has 1 aliphatic rings. The molecule has 4 nitrogen and oxygen atoms in total. The summed E-state index contributed by atoms with van der Waals surface area (Å²) in [4.78, 5) is 6.71. The van der Waals surface area contributed by atoms with Crippen molar-refractivity contribution in [1.82, 2.24) is 10.2 Å². The number of hydrogen-bond acceptors (Lipinski definition) is 2. The van der Waals surface area contributed by atoms with Gasteiger partial charge in [0.2, 0.25) is 0 Å². The Morgan fingerprint density at radius 3 is 2.86 bits per heavy atom. The van der Waals surface area contributed by atoms with Crippen molar-refractivity contribution in [2.75, 3.05) is 20.1 Å². The molecule has 1 unspecified atom stereocenters. The smallest absolute Gasteiger partial charge is 0.194 e. The van der Waals surface area contributed by atoms with Gasteiger partial charge in [0, 0.05) is 26.1 Å². The number of aliphatic imine (C=N–C) groups is 1. The topological polar surface area (TPSA) is 40.8 Å². The third-order valence-electron chi connectivity index (χ3n) is 3.97. The van der Waals surface area contributed by atoms with E-state index in [0.717, 1.165) is 24.8 Å². The summed E-state index contributed by atoms with van der Waals surface area (Å²) in [5.74, 6) is 2.47. The molecule has 0 saturated carbocycles. The lowest BCUT2D eigenvalue weighted by molar-refractivity contribution is 0.465. The van der Waals surface area contributed by atoms with Gasteiger partial charge in [0.05, 0.1) is 12.8 Å². The lowest BCUT2D eigenvalue weighted by Crippen LogP contribution is -2.39. The Kier molecular flexibility index (Phi) is 4.24. The Balaban J connectivity index is 1.59. The van der Waals surface area contributed by atoms with Crippen molar-refractivity contribution in [3.63, 3.8) is 0 Å². The quantitative estimate of drug-likeness (QED) is 0.695. The molecule has 110 valence electrons. The van der Waals surface area contributed by atoms with Crippen molar-refractivity contribution in [2.24, 2.45) is 4.99 Å². The van der Waals surface area contributed by atoms with E-state index in [1.807, 2.05) is 19.2 Å². The first-order valence-corrected chi connectivity index (χ1v) is 7.40. The molecular weight excluding hydrogens is 262 g/mol. The molecular formula is C17H21N3O. The zero-order valence-corrected chi connectivity index (χ0v) is 12.3. The average Bonchev–Trinajstić information content (AvgIpc) is 3.20. The van der Waals surface area contributed by atoms with Crippen molar-refractivity contribution >= 4 is 5.96 Å². The van der Waals surface area contributed by atoms with Crippen LogP contribution in [0.1, 0.15) is 23.7 Å². The second kappa shape index (κ2) is 6.48. The molecule has 1 aromatic heterocycles. The summed E-state index contributed by atoms with van der Waals surface area (Å²) in [6.07, 6.45) is 2.87. The van der Waals surface area contributed by atoms with Gasteiger partial charge in [0.15, 0.2) is 5.96 Å². The molecule has 1 aromatic carbocycles. The van der Waals surface area contributed by atoms with Crippen LogP contribution in [-0.2, 0) is 6.54 Å². The van der Waals surface area contributed by atoms with Crippen LogP contribution < -0.4 is 5.32 Å². The summed E-state index contributed by atoms with van der Waals surface area (Å²) in [7, 11) is 1.83. The predicted molar refractivity (Wildman–Crippen MR) is 84.3 cm³/mol. The molecule has 3 rings (SSSR count). The molecule has 1 fully saturated rings. The van der Waals surface area contributed by atoms with Crippen LogP contribution in [0.4, 0.5) is 0 Å². The standard InChI is InChI=1S/C17H21N3O/c1-18-17(19-12-16-8-5-11-21-16)20-10-9-15(13-20)14-6-3-2-4-7-14/h2-8,11,15H,9-10,12-13H2,1H3,(H,18,19). The van der Waals surface area contributed by atoms with Crippen LogP contribution in [0.3, 0.4) is 0 Å². The van der Waals surface area contributed by atoms with E-state index in [4.69, 9.17) is 4.42 Å². The van der Waals surface area contributed by atoms with Crippen molar-refractivity contribution in [2.45, 2.75) is 18.9 Å². The van der Waals surface area contributed by atoms with Gasteiger partial charge in [-0.25, -0.2) is 0 Å². The third kappa shape index (κ3) is 3.27. The molecule has 0 radical (unpaired) electrons. The molecule has 2 aromatic rings. The number of rotatable bonds is 3. The van der Waals surface area contributed by atoms with Crippen LogP contribution in [-0.4, -0.2) is 31.0 Å². The zero-order valence-electron chi connectivity index (χ0n) is 12.3. The molecule has 1 N–H and O–H groups in total. The molecule has 1 aliphatic heterocycles. The first kappa shape index (κ1) is 13.7. The highest BCUT2D eigenvalue weighted by atomic mass is 16.3. The SMILES string of the molecule is CN=C(NCc1ccco1)N1CCC(c2ccccc2)C1. The number of nitrogens with zero attached hydrogens (tertiary/aromatic N) is 2. The number of benzene rings is 1. The van der Waals surface area contributed by atoms with Gasteiger partial charge in [-0.1, -0.05) is 30.3 Å². The van der Waals surface area contributed by atoms with E-state index in [1.54, 1.807) is 6.26 Å². The van der Waals surface area contributed by atoms with Gasteiger partial charge in [-0.3, -0.25) is 4.99 Å². The Hall–Kier alpha value is -2.23. The summed E-state index contributed by atoms with van der Waals surface area (Å²) in [6.45, 7) is 2.73. The lowest BCUT2D eigenvalue weighted by atomic mass is 9.99. The Morgan fingerprint density at radius 1 is 1.29 bits per heavy atom. The maximum atomic E-state index is 5.35. The van der Waals surface area contributed by atoms with Crippen LogP contribution in [0.5, 0.6) is 0 Å². The molecule has 1 saturated heterocycles. The van der Waals surface area contributed by atoms with Gasteiger partial charge in [-0.2, -0.15) is 0 Å². The highest BCUT2D eigenvalue weighted by Gasteiger charge is 2.25. The normalized spacial score (nSPS) is 19.0. The highest BCUT2D eigenvalue weighted by Crippen LogP contribution is 2.26. The minimum atomic E-state index is 0.591. The lowest BCUT2D eigenvalue weighted by Gasteiger charge is -2.21. The summed E-state index contributed by atoms with van der Waals surface area (Å²) < 4.78 is 5.35. The summed E-state index contributed by atoms with van der Waals surface area (Å²) in [6, 6.07) is 14.6. The first-order chi connectivity index (χ1) is 10.4. The highest BCUT2D eigenvalue weighted by molar-refractivity contribution is 5.80. The maximum absolute atomic E-state index is 5.35. The Bertz CT molecular complexity index is 577. The van der Waals surface area contributed by atoms with Gasteiger partial charge in [-0.05, 0) is 24.1 Å². The second-order valence-electron chi connectivity index (χ2n) is 5.32. The zero-order chi connectivity index (χ0) is 14.5. The average molecular weight is 283 g/mol. The maximum Gasteiger partial charge on any atom is 0.194 e. The number of likely N-dealkylation sites (tertiary alicyclic amines) is 1. The van der Waals surface area contributed by atoms with E-state index in [2.05, 4.69) is 45.5 Å². The van der Waals surface area contributed by atoms with Gasteiger partial charge < -0.3 is 14.6 Å². The predicted octanol–water partition coefficient (Wildman–Crippen LogP) is 2.84. The van der Waals surface area contributed by atoms with Crippen LogP contribution in [0.25, 0.3) is 0 Å². The van der Waals surface area contributed by atoms with Crippen molar-refractivity contribution < 1.29 is 4.42 Å². The first-order valence-electron chi connectivity index (χ1n) is 7.40. The Morgan fingerprint density at radius 2 is 2.14 bits per heavy atom. The van der Waals surface area contributed by atoms with E-state index in [0.29, 0.717) is 12.5 Å². The van der Waals surface area contributed by atoms with E-state index in [1.165, 1.54) is 12.0 Å². The van der Waals surface area contributed by atoms with Crippen LogP contribution in [0.15, 0.2) is 58.1 Å². The molecule has 2 heterocycles. The van der Waals surface area contributed by atoms with Crippen molar-refractivity contribution in [3.8, 4) is 0 Å². The monoisotopic (exact) mass is 283 g/mol. The molecule has 0 amide bonds. The number of hydrogen-bond donors (Lipinski definition) is 1. The number of furan rings is 1. The van der Waals surface area contributed by atoms with Crippen LogP contribution in [0.2, 0.25) is 0 Å². The van der Waals surface area contributed by atoms with Gasteiger partial charge in [-0.15, -0.1) is 0 Å². The Labute approximate surface area is 125 Å². The van der Waals surface area contributed by atoms with Crippen LogP contribution in [0, 0.1) is 0 Å². The fourth-order valence-electron chi connectivity index (χ4n) is 2.86. The minimum Gasteiger partial charge on any atom is -0.467 e. The fraction of sp³-hybridized carbons (Fsp3) is 0.353. The second-order valence-corrected chi connectivity index (χ2v) is 5.32. The third-order valence-corrected chi connectivity index (χ3v) is 3.97. The van der Waals surface area contributed by atoms with Gasteiger partial charge in [0.25, 0.3) is 0 Å². The molecule has 0 spiro atoms. The molecule has 0 aliphatic carbocycles. The van der Waals surface area contributed by atoms with Gasteiger partial charge in [0.1, 0.15) is 5.76 Å². The molecule has 0 bridgehead atoms. The molecule has 1 atom stereocenters. The number of guanidine groups is 1. The fourth-order valence-corrected chi connectivity index (χ4v) is 2.86. The molecule has 4 heteroatoms. The van der Waals surface area contributed by atoms with Crippen LogP contribution >= 0.6 is 0 Å². The van der Waals surface area contributed by atoms with E-state index in [-0.39, 0.29) is 0 Å². The van der Waals surface area contributed by atoms with E-state index < -0.39 is 0 Å². The summed E-state index contributed by atoms with van der Waals surface area (Å²) in [5, 5.41) is 3.37. The summed E-state index contributed by atoms with van der Waals surface area (Å²) >= 11 is 0. The van der Waals surface area contributed by atoms with E-state index >= 15 is 0 Å².